The molecular weight excluding hydrogens is 464 g/mol. The first-order valence-corrected chi connectivity index (χ1v) is 12.5. The number of halogens is 1. The van der Waals surface area contributed by atoms with E-state index in [9.17, 15) is 9.59 Å². The Morgan fingerprint density at radius 1 is 1.11 bits per heavy atom. The summed E-state index contributed by atoms with van der Waals surface area (Å²) in [5.41, 5.74) is 5.08. The number of carbonyl (C=O) groups is 2. The molecule has 2 amide bonds. The third-order valence-electron chi connectivity index (χ3n) is 6.83. The molecule has 0 radical (unpaired) electrons. The number of nitrogens with zero attached hydrogens (tertiary/aromatic N) is 4. The maximum absolute atomic E-state index is 13.6. The van der Waals surface area contributed by atoms with E-state index in [4.69, 9.17) is 21.4 Å². The van der Waals surface area contributed by atoms with Gasteiger partial charge in [0.1, 0.15) is 6.54 Å². The Bertz CT molecular complexity index is 1110. The molecule has 8 heteroatoms. The van der Waals surface area contributed by atoms with Crippen LogP contribution in [0.15, 0.2) is 47.6 Å². The van der Waals surface area contributed by atoms with Crippen molar-refractivity contribution in [1.82, 2.24) is 14.8 Å². The van der Waals surface area contributed by atoms with Crippen LogP contribution in [0.1, 0.15) is 41.6 Å². The van der Waals surface area contributed by atoms with E-state index in [0.29, 0.717) is 37.7 Å². The largest absolute Gasteiger partial charge is 0.379 e. The Labute approximate surface area is 212 Å². The number of hydrogen-bond donors (Lipinski definition) is 0. The highest BCUT2D eigenvalue weighted by Gasteiger charge is 2.35. The van der Waals surface area contributed by atoms with Crippen LogP contribution in [-0.4, -0.2) is 78.3 Å². The van der Waals surface area contributed by atoms with Crippen molar-refractivity contribution in [2.75, 3.05) is 45.9 Å². The van der Waals surface area contributed by atoms with Crippen LogP contribution in [0.4, 0.5) is 0 Å². The highest BCUT2D eigenvalue weighted by atomic mass is 35.5. The van der Waals surface area contributed by atoms with Gasteiger partial charge in [-0.05, 0) is 48.2 Å². The summed E-state index contributed by atoms with van der Waals surface area (Å²) in [7, 11) is 0. The van der Waals surface area contributed by atoms with Crippen molar-refractivity contribution in [3.8, 4) is 0 Å². The summed E-state index contributed by atoms with van der Waals surface area (Å²) < 4.78 is 5.40. The predicted octanol–water partition coefficient (Wildman–Crippen LogP) is 3.82. The van der Waals surface area contributed by atoms with Crippen LogP contribution < -0.4 is 0 Å². The molecule has 1 fully saturated rings. The lowest BCUT2D eigenvalue weighted by atomic mass is 9.96. The number of morpholine rings is 1. The number of ether oxygens (including phenoxy) is 1. The molecule has 2 aromatic carbocycles. The molecule has 0 aliphatic carbocycles. The van der Waals surface area contributed by atoms with Crippen LogP contribution in [-0.2, 0) is 14.3 Å². The van der Waals surface area contributed by atoms with Gasteiger partial charge in [0.25, 0.3) is 5.91 Å². The maximum atomic E-state index is 13.6. The van der Waals surface area contributed by atoms with E-state index in [1.807, 2.05) is 30.3 Å². The minimum Gasteiger partial charge on any atom is -0.379 e. The topological polar surface area (TPSA) is 65.5 Å². The highest BCUT2D eigenvalue weighted by Crippen LogP contribution is 2.36. The van der Waals surface area contributed by atoms with Crippen LogP contribution in [0.2, 0.25) is 5.02 Å². The van der Waals surface area contributed by atoms with E-state index >= 15 is 0 Å². The minimum absolute atomic E-state index is 0.0235. The Kier molecular flexibility index (Phi) is 8.21. The molecule has 0 spiro atoms. The average molecular weight is 497 g/mol. The number of hydrazone groups is 1. The molecule has 0 bridgehead atoms. The third kappa shape index (κ3) is 6.10. The molecule has 35 heavy (non-hydrogen) atoms. The van der Waals surface area contributed by atoms with Crippen molar-refractivity contribution in [3.05, 3.63) is 69.7 Å². The van der Waals surface area contributed by atoms with E-state index in [2.05, 4.69) is 30.9 Å². The maximum Gasteiger partial charge on any atom is 0.262 e. The van der Waals surface area contributed by atoms with Gasteiger partial charge in [0, 0.05) is 44.5 Å². The van der Waals surface area contributed by atoms with Gasteiger partial charge < -0.3 is 9.64 Å². The molecule has 2 aromatic rings. The molecule has 186 valence electrons. The normalized spacial score (nSPS) is 18.5. The van der Waals surface area contributed by atoms with Crippen molar-refractivity contribution in [3.63, 3.8) is 0 Å². The number of hydrogen-bond acceptors (Lipinski definition) is 5. The van der Waals surface area contributed by atoms with Gasteiger partial charge in [-0.1, -0.05) is 41.9 Å². The molecule has 1 saturated heterocycles. The van der Waals surface area contributed by atoms with Gasteiger partial charge in [0.05, 0.1) is 25.0 Å². The number of rotatable bonds is 7. The molecule has 0 N–H and O–H groups in total. The highest BCUT2D eigenvalue weighted by molar-refractivity contribution is 6.31. The molecule has 0 aromatic heterocycles. The van der Waals surface area contributed by atoms with Crippen LogP contribution in [0, 0.1) is 13.8 Å². The quantitative estimate of drug-likeness (QED) is 0.584. The minimum atomic E-state index is -0.319. The second-order valence-corrected chi connectivity index (χ2v) is 9.63. The smallest absolute Gasteiger partial charge is 0.262 e. The van der Waals surface area contributed by atoms with Gasteiger partial charge in [-0.25, -0.2) is 5.01 Å². The molecule has 7 nitrogen and oxygen atoms in total. The molecule has 2 heterocycles. The van der Waals surface area contributed by atoms with Gasteiger partial charge in [0.15, 0.2) is 0 Å². The molecule has 4 rings (SSSR count). The third-order valence-corrected chi connectivity index (χ3v) is 7.18. The Balaban J connectivity index is 1.56. The summed E-state index contributed by atoms with van der Waals surface area (Å²) in [5.74, 6) is -0.343. The fourth-order valence-electron chi connectivity index (χ4n) is 4.49. The first-order chi connectivity index (χ1) is 16.8. The van der Waals surface area contributed by atoms with Gasteiger partial charge in [0.2, 0.25) is 5.91 Å². The monoisotopic (exact) mass is 496 g/mol. The lowest BCUT2D eigenvalue weighted by Crippen LogP contribution is -2.45. The van der Waals surface area contributed by atoms with Crippen molar-refractivity contribution < 1.29 is 14.3 Å². The SMILES string of the molecule is CC(=O)N(CCN1CCOCC1)CC(=O)N1N=C(c2ccc(C)c(C)c2)C[C@@H]1c1ccccc1Cl. The number of aryl methyl sites for hydroxylation is 2. The van der Waals surface area contributed by atoms with Gasteiger partial charge in [-0.15, -0.1) is 0 Å². The summed E-state index contributed by atoms with van der Waals surface area (Å²) in [4.78, 5) is 29.8. The summed E-state index contributed by atoms with van der Waals surface area (Å²) in [6.07, 6.45) is 0.561. The zero-order valence-electron chi connectivity index (χ0n) is 20.7. The Morgan fingerprint density at radius 3 is 2.54 bits per heavy atom. The van der Waals surface area contributed by atoms with Gasteiger partial charge in [-0.2, -0.15) is 5.10 Å². The lowest BCUT2D eigenvalue weighted by molar-refractivity contribution is -0.140. The van der Waals surface area contributed by atoms with Crippen LogP contribution in [0.5, 0.6) is 0 Å². The second-order valence-electron chi connectivity index (χ2n) is 9.22. The fourth-order valence-corrected chi connectivity index (χ4v) is 4.76. The number of amides is 2. The summed E-state index contributed by atoms with van der Waals surface area (Å²) in [6, 6.07) is 13.5. The van der Waals surface area contributed by atoms with E-state index in [-0.39, 0.29) is 24.4 Å². The van der Waals surface area contributed by atoms with Crippen molar-refractivity contribution in [1.29, 1.82) is 0 Å². The zero-order chi connectivity index (χ0) is 24.9. The fraction of sp³-hybridized carbons (Fsp3) is 0.444. The van der Waals surface area contributed by atoms with E-state index in [1.54, 1.807) is 4.90 Å². The summed E-state index contributed by atoms with van der Waals surface area (Å²) in [5, 5.41) is 6.89. The Hall–Kier alpha value is -2.74. The summed E-state index contributed by atoms with van der Waals surface area (Å²) in [6.45, 7) is 9.89. The second kappa shape index (κ2) is 11.3. The predicted molar refractivity (Wildman–Crippen MR) is 138 cm³/mol. The molecule has 0 saturated carbocycles. The molecular formula is C27H33ClN4O3. The van der Waals surface area contributed by atoms with Gasteiger partial charge >= 0.3 is 0 Å². The first kappa shape index (κ1) is 25.4. The Morgan fingerprint density at radius 2 is 1.86 bits per heavy atom. The molecule has 1 atom stereocenters. The van der Waals surface area contributed by atoms with Gasteiger partial charge in [-0.3, -0.25) is 14.5 Å². The van der Waals surface area contributed by atoms with E-state index in [1.165, 1.54) is 23.1 Å². The molecule has 2 aliphatic heterocycles. The first-order valence-electron chi connectivity index (χ1n) is 12.1. The van der Waals surface area contributed by atoms with Crippen LogP contribution in [0.25, 0.3) is 0 Å². The lowest BCUT2D eigenvalue weighted by Gasteiger charge is -2.30. The molecule has 0 unspecified atom stereocenters. The van der Waals surface area contributed by atoms with Crippen LogP contribution >= 0.6 is 11.6 Å². The van der Waals surface area contributed by atoms with Crippen molar-refractivity contribution in [2.24, 2.45) is 5.10 Å². The number of benzene rings is 2. The van der Waals surface area contributed by atoms with Crippen molar-refractivity contribution in [2.45, 2.75) is 33.2 Å². The van der Waals surface area contributed by atoms with E-state index in [0.717, 1.165) is 29.9 Å². The number of carbonyl (C=O) groups excluding carboxylic acids is 2. The van der Waals surface area contributed by atoms with Crippen LogP contribution in [0.3, 0.4) is 0 Å². The zero-order valence-corrected chi connectivity index (χ0v) is 21.4. The van der Waals surface area contributed by atoms with Crippen molar-refractivity contribution >= 4 is 29.1 Å². The van der Waals surface area contributed by atoms with E-state index < -0.39 is 0 Å². The summed E-state index contributed by atoms with van der Waals surface area (Å²) >= 11 is 6.54. The molecule has 2 aliphatic rings. The average Bonchev–Trinajstić information content (AvgIpc) is 3.29. The standard InChI is InChI=1S/C27H33ClN4O3/c1-19-8-9-22(16-20(19)2)25-17-26(23-6-4-5-7-24(23)28)32(29-25)27(34)18-31(21(3)33)11-10-30-12-14-35-15-13-30/h4-9,16,26H,10-15,17-18H2,1-3H3/t26-/m1/s1.